The van der Waals surface area contributed by atoms with Crippen LogP contribution in [0.2, 0.25) is 0 Å². The molecule has 148 valence electrons. The van der Waals surface area contributed by atoms with Crippen molar-refractivity contribution in [2.45, 2.75) is 13.8 Å². The maximum Gasteiger partial charge on any atom is 0.262 e. The SMILES string of the molecule is CCOc1ccc(OCC(=O)Nc2cccc(-c3cn4cc(C)sc4n3)c2)cc1. The number of carbonyl (C=O) groups excluding carboxylic acids is 1. The molecule has 0 atom stereocenters. The Balaban J connectivity index is 1.38. The molecule has 0 spiro atoms. The molecule has 29 heavy (non-hydrogen) atoms. The number of hydrogen-bond donors (Lipinski definition) is 1. The van der Waals surface area contributed by atoms with E-state index in [-0.39, 0.29) is 12.5 Å². The summed E-state index contributed by atoms with van der Waals surface area (Å²) in [4.78, 5) is 19.1. The number of rotatable bonds is 7. The molecule has 4 rings (SSSR count). The van der Waals surface area contributed by atoms with Gasteiger partial charge in [0.25, 0.3) is 5.91 Å². The normalized spacial score (nSPS) is 10.8. The van der Waals surface area contributed by atoms with E-state index in [0.29, 0.717) is 18.0 Å². The standard InChI is InChI=1S/C22H21N3O3S/c1-3-27-18-7-9-19(10-8-18)28-14-21(26)23-17-6-4-5-16(11-17)20-13-25-12-15(2)29-22(25)24-20/h4-13H,3,14H2,1-2H3,(H,23,26). The summed E-state index contributed by atoms with van der Waals surface area (Å²) >= 11 is 1.65. The number of aromatic nitrogens is 2. The summed E-state index contributed by atoms with van der Waals surface area (Å²) < 4.78 is 13.0. The molecule has 0 aliphatic rings. The van der Waals surface area contributed by atoms with Crippen LogP contribution < -0.4 is 14.8 Å². The molecule has 2 aromatic heterocycles. The van der Waals surface area contributed by atoms with Crippen LogP contribution in [0.3, 0.4) is 0 Å². The number of carbonyl (C=O) groups is 1. The van der Waals surface area contributed by atoms with Gasteiger partial charge in [-0.25, -0.2) is 4.98 Å². The summed E-state index contributed by atoms with van der Waals surface area (Å²) in [5.41, 5.74) is 2.53. The maximum atomic E-state index is 12.3. The van der Waals surface area contributed by atoms with Crippen LogP contribution in [0, 0.1) is 6.92 Å². The molecular weight excluding hydrogens is 386 g/mol. The Bertz CT molecular complexity index is 1100. The van der Waals surface area contributed by atoms with E-state index in [9.17, 15) is 4.79 Å². The van der Waals surface area contributed by atoms with Gasteiger partial charge in [-0.15, -0.1) is 11.3 Å². The lowest BCUT2D eigenvalue weighted by Crippen LogP contribution is -2.20. The van der Waals surface area contributed by atoms with E-state index in [1.165, 1.54) is 4.88 Å². The predicted molar refractivity (Wildman–Crippen MR) is 115 cm³/mol. The Morgan fingerprint density at radius 2 is 1.86 bits per heavy atom. The molecule has 2 aromatic carbocycles. The van der Waals surface area contributed by atoms with E-state index in [1.807, 2.05) is 53.9 Å². The highest BCUT2D eigenvalue weighted by Crippen LogP contribution is 2.25. The lowest BCUT2D eigenvalue weighted by Gasteiger charge is -2.09. The van der Waals surface area contributed by atoms with Gasteiger partial charge in [0.15, 0.2) is 11.6 Å². The fraction of sp³-hybridized carbons (Fsp3) is 0.182. The van der Waals surface area contributed by atoms with Crippen LogP contribution in [0.25, 0.3) is 16.2 Å². The number of amides is 1. The van der Waals surface area contributed by atoms with Crippen LogP contribution in [0.5, 0.6) is 11.5 Å². The molecule has 2 heterocycles. The molecule has 4 aromatic rings. The van der Waals surface area contributed by atoms with Crippen molar-refractivity contribution in [3.05, 3.63) is 65.8 Å². The number of thiazole rings is 1. The maximum absolute atomic E-state index is 12.3. The molecule has 0 unspecified atom stereocenters. The van der Waals surface area contributed by atoms with Crippen LogP contribution in [0.1, 0.15) is 11.8 Å². The molecular formula is C22H21N3O3S. The van der Waals surface area contributed by atoms with Crippen molar-refractivity contribution < 1.29 is 14.3 Å². The number of benzene rings is 2. The average molecular weight is 407 g/mol. The van der Waals surface area contributed by atoms with Crippen LogP contribution in [-0.2, 0) is 4.79 Å². The van der Waals surface area contributed by atoms with Gasteiger partial charge in [0.05, 0.1) is 12.3 Å². The number of hydrogen-bond acceptors (Lipinski definition) is 5. The first-order chi connectivity index (χ1) is 14.1. The van der Waals surface area contributed by atoms with Gasteiger partial charge in [-0.3, -0.25) is 9.20 Å². The second-order valence-electron chi connectivity index (χ2n) is 6.48. The zero-order valence-electron chi connectivity index (χ0n) is 16.2. The molecule has 0 bridgehead atoms. The Morgan fingerprint density at radius 1 is 1.10 bits per heavy atom. The highest BCUT2D eigenvalue weighted by Gasteiger charge is 2.09. The summed E-state index contributed by atoms with van der Waals surface area (Å²) in [7, 11) is 0. The number of nitrogens with zero attached hydrogens (tertiary/aromatic N) is 2. The van der Waals surface area contributed by atoms with Crippen LogP contribution in [0.15, 0.2) is 60.9 Å². The van der Waals surface area contributed by atoms with Gasteiger partial charge in [0.2, 0.25) is 0 Å². The van der Waals surface area contributed by atoms with Gasteiger partial charge in [0.1, 0.15) is 11.5 Å². The predicted octanol–water partition coefficient (Wildman–Crippen LogP) is 4.79. The minimum Gasteiger partial charge on any atom is -0.494 e. The van der Waals surface area contributed by atoms with Gasteiger partial charge < -0.3 is 14.8 Å². The Kier molecular flexibility index (Phi) is 5.48. The van der Waals surface area contributed by atoms with E-state index in [1.54, 1.807) is 23.5 Å². The molecule has 6 nitrogen and oxygen atoms in total. The van der Waals surface area contributed by atoms with Gasteiger partial charge >= 0.3 is 0 Å². The summed E-state index contributed by atoms with van der Waals surface area (Å²) in [6.45, 7) is 4.53. The monoisotopic (exact) mass is 407 g/mol. The molecule has 7 heteroatoms. The molecule has 0 saturated heterocycles. The highest BCUT2D eigenvalue weighted by molar-refractivity contribution is 7.17. The summed E-state index contributed by atoms with van der Waals surface area (Å²) in [5, 5.41) is 2.87. The van der Waals surface area contributed by atoms with E-state index in [4.69, 9.17) is 9.47 Å². The minimum atomic E-state index is -0.225. The fourth-order valence-corrected chi connectivity index (χ4v) is 3.76. The van der Waals surface area contributed by atoms with Crippen molar-refractivity contribution in [3.8, 4) is 22.8 Å². The zero-order chi connectivity index (χ0) is 20.2. The third kappa shape index (κ3) is 4.57. The van der Waals surface area contributed by atoms with Crippen LogP contribution >= 0.6 is 11.3 Å². The smallest absolute Gasteiger partial charge is 0.262 e. The van der Waals surface area contributed by atoms with Gasteiger partial charge in [0, 0.05) is 28.5 Å². The first-order valence-electron chi connectivity index (χ1n) is 9.32. The second-order valence-corrected chi connectivity index (χ2v) is 7.69. The summed E-state index contributed by atoms with van der Waals surface area (Å²) in [6.07, 6.45) is 4.05. The van der Waals surface area contributed by atoms with Crippen molar-refractivity contribution in [2.24, 2.45) is 0 Å². The van der Waals surface area contributed by atoms with E-state index >= 15 is 0 Å². The fourth-order valence-electron chi connectivity index (χ4n) is 2.95. The molecule has 0 radical (unpaired) electrons. The van der Waals surface area contributed by atoms with Crippen molar-refractivity contribution in [2.75, 3.05) is 18.5 Å². The molecule has 0 aliphatic carbocycles. The van der Waals surface area contributed by atoms with Crippen molar-refractivity contribution in [3.63, 3.8) is 0 Å². The summed E-state index contributed by atoms with van der Waals surface area (Å²) in [5.74, 6) is 1.17. The average Bonchev–Trinajstić information content (AvgIpc) is 3.25. The molecule has 0 saturated carbocycles. The second kappa shape index (κ2) is 8.36. The van der Waals surface area contributed by atoms with Crippen molar-refractivity contribution >= 4 is 27.9 Å². The molecule has 1 amide bonds. The number of nitrogens with one attached hydrogen (secondary N) is 1. The van der Waals surface area contributed by atoms with E-state index in [0.717, 1.165) is 22.0 Å². The van der Waals surface area contributed by atoms with Crippen molar-refractivity contribution in [1.82, 2.24) is 9.38 Å². The Labute approximate surface area is 172 Å². The minimum absolute atomic E-state index is 0.0717. The Morgan fingerprint density at radius 3 is 2.59 bits per heavy atom. The van der Waals surface area contributed by atoms with Gasteiger partial charge in [-0.1, -0.05) is 12.1 Å². The number of aryl methyl sites for hydroxylation is 1. The molecule has 0 aliphatic heterocycles. The van der Waals surface area contributed by atoms with E-state index in [2.05, 4.69) is 23.4 Å². The number of fused-ring (bicyclic) bond motifs is 1. The molecule has 1 N–H and O–H groups in total. The Hall–Kier alpha value is -3.32. The van der Waals surface area contributed by atoms with Crippen LogP contribution in [0.4, 0.5) is 5.69 Å². The lowest BCUT2D eigenvalue weighted by molar-refractivity contribution is -0.118. The summed E-state index contributed by atoms with van der Waals surface area (Å²) in [6, 6.07) is 14.8. The lowest BCUT2D eigenvalue weighted by atomic mass is 10.1. The van der Waals surface area contributed by atoms with Crippen molar-refractivity contribution in [1.29, 1.82) is 0 Å². The van der Waals surface area contributed by atoms with Crippen LogP contribution in [-0.4, -0.2) is 28.5 Å². The quantitative estimate of drug-likeness (QED) is 0.478. The zero-order valence-corrected chi connectivity index (χ0v) is 17.0. The first-order valence-corrected chi connectivity index (χ1v) is 10.1. The van der Waals surface area contributed by atoms with Gasteiger partial charge in [-0.05, 0) is 50.2 Å². The number of imidazole rings is 1. The number of ether oxygens (including phenoxy) is 2. The van der Waals surface area contributed by atoms with E-state index < -0.39 is 0 Å². The highest BCUT2D eigenvalue weighted by atomic mass is 32.1. The van der Waals surface area contributed by atoms with Gasteiger partial charge in [-0.2, -0.15) is 0 Å². The third-order valence-corrected chi connectivity index (χ3v) is 5.13. The first kappa shape index (κ1) is 19.0. The third-order valence-electron chi connectivity index (χ3n) is 4.22. The topological polar surface area (TPSA) is 64.9 Å². The molecule has 0 fully saturated rings. The largest absolute Gasteiger partial charge is 0.494 e. The number of anilines is 1.